The second-order valence-corrected chi connectivity index (χ2v) is 8.11. The molecular weight excluding hydrogens is 360 g/mol. The number of hydrogen-bond donors (Lipinski definition) is 1. The van der Waals surface area contributed by atoms with Crippen molar-refractivity contribution in [1.29, 1.82) is 0 Å². The highest BCUT2D eigenvalue weighted by atomic mass is 32.2. The lowest BCUT2D eigenvalue weighted by Gasteiger charge is -2.22. The van der Waals surface area contributed by atoms with E-state index < -0.39 is 34.0 Å². The molecule has 0 radical (unpaired) electrons. The summed E-state index contributed by atoms with van der Waals surface area (Å²) in [6.07, 6.45) is 1.03. The molecule has 0 spiro atoms. The molecule has 0 bridgehead atoms. The fraction of sp³-hybridized carbons (Fsp3) is 0.529. The maximum Gasteiger partial charge on any atom is 0.325 e. The lowest BCUT2D eigenvalue weighted by Crippen LogP contribution is -2.44. The zero-order chi connectivity index (χ0) is 19.3. The Balaban J connectivity index is 1.86. The van der Waals surface area contributed by atoms with E-state index in [-0.39, 0.29) is 13.1 Å². The summed E-state index contributed by atoms with van der Waals surface area (Å²) in [6, 6.07) is 6.34. The third kappa shape index (κ3) is 5.18. The van der Waals surface area contributed by atoms with E-state index in [4.69, 9.17) is 9.47 Å². The van der Waals surface area contributed by atoms with Crippen LogP contribution in [0.3, 0.4) is 0 Å². The van der Waals surface area contributed by atoms with Crippen LogP contribution in [-0.2, 0) is 30.9 Å². The van der Waals surface area contributed by atoms with Crippen molar-refractivity contribution in [2.24, 2.45) is 0 Å². The summed E-state index contributed by atoms with van der Waals surface area (Å²) >= 11 is 0. The smallest absolute Gasteiger partial charge is 0.325 e. The van der Waals surface area contributed by atoms with Crippen LogP contribution in [0.1, 0.15) is 25.3 Å². The number of carbonyl (C=O) groups excluding carboxylic acids is 2. The van der Waals surface area contributed by atoms with Gasteiger partial charge in [0, 0.05) is 13.1 Å². The van der Waals surface area contributed by atoms with E-state index >= 15 is 0 Å². The lowest BCUT2D eigenvalue weighted by atomic mass is 10.2. The van der Waals surface area contributed by atoms with Gasteiger partial charge in [0.25, 0.3) is 5.91 Å². The Morgan fingerprint density at radius 1 is 1.31 bits per heavy atom. The Labute approximate surface area is 153 Å². The van der Waals surface area contributed by atoms with E-state index in [0.717, 1.165) is 21.9 Å². The van der Waals surface area contributed by atoms with Gasteiger partial charge < -0.3 is 14.8 Å². The van der Waals surface area contributed by atoms with E-state index in [0.29, 0.717) is 12.8 Å². The molecule has 1 aliphatic heterocycles. The van der Waals surface area contributed by atoms with Crippen LogP contribution in [0.2, 0.25) is 0 Å². The predicted octanol–water partition coefficient (Wildman–Crippen LogP) is 0.667. The summed E-state index contributed by atoms with van der Waals surface area (Å²) in [6.45, 7) is 2.03. The number of nitrogens with zero attached hydrogens (tertiary/aromatic N) is 1. The highest BCUT2D eigenvalue weighted by molar-refractivity contribution is 7.88. The molecule has 2 rings (SSSR count). The van der Waals surface area contributed by atoms with Crippen molar-refractivity contribution in [2.75, 3.05) is 19.9 Å². The number of methoxy groups -OCH3 is 1. The van der Waals surface area contributed by atoms with E-state index in [9.17, 15) is 18.0 Å². The van der Waals surface area contributed by atoms with Crippen molar-refractivity contribution in [3.63, 3.8) is 0 Å². The maximum atomic E-state index is 12.2. The Hall–Kier alpha value is -2.13. The normalized spacial score (nSPS) is 19.0. The Bertz CT molecular complexity index is 747. The summed E-state index contributed by atoms with van der Waals surface area (Å²) in [5.41, 5.74) is 0.872. The van der Waals surface area contributed by atoms with Crippen molar-refractivity contribution in [2.45, 2.75) is 38.5 Å². The van der Waals surface area contributed by atoms with Crippen LogP contribution in [-0.4, -0.2) is 56.7 Å². The number of carbonyl (C=O) groups is 2. The summed E-state index contributed by atoms with van der Waals surface area (Å²) in [5, 5.41) is 2.68. The maximum absolute atomic E-state index is 12.2. The van der Waals surface area contributed by atoms with Gasteiger partial charge in [-0.25, -0.2) is 8.42 Å². The minimum absolute atomic E-state index is 0.281. The zero-order valence-corrected chi connectivity index (χ0v) is 15.9. The van der Waals surface area contributed by atoms with E-state index in [1.165, 1.54) is 6.92 Å². The monoisotopic (exact) mass is 384 g/mol. The highest BCUT2D eigenvalue weighted by Crippen LogP contribution is 2.21. The molecule has 9 heteroatoms. The second kappa shape index (κ2) is 8.50. The molecule has 1 fully saturated rings. The van der Waals surface area contributed by atoms with Crippen molar-refractivity contribution in [1.82, 2.24) is 9.62 Å². The molecule has 1 N–H and O–H groups in total. The number of rotatable bonds is 7. The van der Waals surface area contributed by atoms with Crippen molar-refractivity contribution >= 4 is 21.9 Å². The first-order valence-electron chi connectivity index (χ1n) is 8.30. The van der Waals surface area contributed by atoms with Gasteiger partial charge in [-0.05, 0) is 37.5 Å². The second-order valence-electron chi connectivity index (χ2n) is 6.18. The Morgan fingerprint density at radius 2 is 1.96 bits per heavy atom. The quantitative estimate of drug-likeness (QED) is 0.693. The largest absolute Gasteiger partial charge is 0.497 e. The third-order valence-electron chi connectivity index (χ3n) is 4.19. The highest BCUT2D eigenvalue weighted by Gasteiger charge is 2.38. The van der Waals surface area contributed by atoms with Crippen LogP contribution in [0.5, 0.6) is 5.75 Å². The summed E-state index contributed by atoms with van der Waals surface area (Å²) in [7, 11) is -1.91. The molecule has 2 unspecified atom stereocenters. The minimum atomic E-state index is -3.48. The summed E-state index contributed by atoms with van der Waals surface area (Å²) in [4.78, 5) is 24.4. The molecule has 8 nitrogen and oxygen atoms in total. The first kappa shape index (κ1) is 20.2. The van der Waals surface area contributed by atoms with Crippen molar-refractivity contribution in [3.05, 3.63) is 29.8 Å². The molecule has 2 atom stereocenters. The van der Waals surface area contributed by atoms with E-state index in [1.54, 1.807) is 19.2 Å². The molecule has 144 valence electrons. The molecule has 0 aliphatic carbocycles. The molecule has 0 saturated carbocycles. The van der Waals surface area contributed by atoms with E-state index in [1.807, 2.05) is 12.1 Å². The topological polar surface area (TPSA) is 102 Å². The average molecular weight is 384 g/mol. The van der Waals surface area contributed by atoms with Gasteiger partial charge in [-0.3, -0.25) is 9.59 Å². The molecule has 1 aromatic rings. The molecule has 1 amide bonds. The predicted molar refractivity (Wildman–Crippen MR) is 95.0 cm³/mol. The first-order valence-corrected chi connectivity index (χ1v) is 10.1. The van der Waals surface area contributed by atoms with Crippen LogP contribution in [0.15, 0.2) is 24.3 Å². The average Bonchev–Trinajstić information content (AvgIpc) is 3.10. The number of amides is 1. The van der Waals surface area contributed by atoms with Crippen molar-refractivity contribution < 1.29 is 27.5 Å². The fourth-order valence-corrected chi connectivity index (χ4v) is 3.87. The summed E-state index contributed by atoms with van der Waals surface area (Å²) in [5.74, 6) is -0.424. The third-order valence-corrected chi connectivity index (χ3v) is 5.48. The standard InChI is InChI=1S/C17H24N2O6S/c1-12(16(20)18-11-13-6-8-14(24-2)9-7-13)25-17(21)15-5-4-10-19(15)26(3,22)23/h6-9,12,15H,4-5,10-11H2,1-3H3,(H,18,20). The first-order chi connectivity index (χ1) is 12.2. The van der Waals surface area contributed by atoms with Gasteiger partial charge in [-0.1, -0.05) is 12.1 Å². The molecule has 1 heterocycles. The molecule has 1 aromatic carbocycles. The van der Waals surface area contributed by atoms with Gasteiger partial charge in [0.2, 0.25) is 10.0 Å². The number of hydrogen-bond acceptors (Lipinski definition) is 6. The number of esters is 1. The van der Waals surface area contributed by atoms with Gasteiger partial charge in [0.15, 0.2) is 6.10 Å². The van der Waals surface area contributed by atoms with Crippen LogP contribution < -0.4 is 10.1 Å². The van der Waals surface area contributed by atoms with Gasteiger partial charge in [0.05, 0.1) is 13.4 Å². The van der Waals surface area contributed by atoms with Crippen LogP contribution in [0.4, 0.5) is 0 Å². The Kier molecular flexibility index (Phi) is 6.60. The number of sulfonamides is 1. The lowest BCUT2D eigenvalue weighted by molar-refractivity contribution is -0.157. The van der Waals surface area contributed by atoms with Crippen LogP contribution >= 0.6 is 0 Å². The van der Waals surface area contributed by atoms with Crippen LogP contribution in [0, 0.1) is 0 Å². The molecule has 0 aromatic heterocycles. The fourth-order valence-electron chi connectivity index (χ4n) is 2.76. The Morgan fingerprint density at radius 3 is 2.54 bits per heavy atom. The van der Waals surface area contributed by atoms with E-state index in [2.05, 4.69) is 5.32 Å². The zero-order valence-electron chi connectivity index (χ0n) is 15.1. The molecule has 26 heavy (non-hydrogen) atoms. The van der Waals surface area contributed by atoms with Crippen LogP contribution in [0.25, 0.3) is 0 Å². The van der Waals surface area contributed by atoms with Gasteiger partial charge in [-0.2, -0.15) is 4.31 Å². The SMILES string of the molecule is COc1ccc(CNC(=O)C(C)OC(=O)C2CCCN2S(C)(=O)=O)cc1. The van der Waals surface area contributed by atoms with Gasteiger partial charge in [-0.15, -0.1) is 0 Å². The number of ether oxygens (including phenoxy) is 2. The van der Waals surface area contributed by atoms with Gasteiger partial charge in [0.1, 0.15) is 11.8 Å². The summed E-state index contributed by atoms with van der Waals surface area (Å²) < 4.78 is 34.8. The van der Waals surface area contributed by atoms with Crippen molar-refractivity contribution in [3.8, 4) is 5.75 Å². The molecule has 1 aliphatic rings. The van der Waals surface area contributed by atoms with Gasteiger partial charge >= 0.3 is 5.97 Å². The number of nitrogens with one attached hydrogen (secondary N) is 1. The molecule has 1 saturated heterocycles. The number of benzene rings is 1. The minimum Gasteiger partial charge on any atom is -0.497 e. The molecular formula is C17H24N2O6S.